The highest BCUT2D eigenvalue weighted by Crippen LogP contribution is 2.37. The fraction of sp³-hybridized carbons (Fsp3) is 0.375. The Balaban J connectivity index is 1.28. The standard InChI is InChI=1S/C24H25N9/c25-7-2-10-33-16-4-5-17(33)12-15(11-16)28-23-18-3-1-8-27-20(18)13-22(29-23)30-24-19-6-9-26-14-21(19)31-32-24/h1,3,6,8-9,13-17H,2,4-5,10-12H2,(H3,28,29,30,31,32)/t15-,16-,17+. The van der Waals surface area contributed by atoms with Crippen LogP contribution in [0.1, 0.15) is 32.1 Å². The molecule has 0 radical (unpaired) electrons. The Hall–Kier alpha value is -3.77. The molecule has 0 spiro atoms. The molecule has 6 heterocycles. The summed E-state index contributed by atoms with van der Waals surface area (Å²) in [5, 5.41) is 25.5. The number of hydrogen-bond donors (Lipinski definition) is 3. The zero-order valence-corrected chi connectivity index (χ0v) is 18.2. The van der Waals surface area contributed by atoms with Crippen molar-refractivity contribution in [1.82, 2.24) is 30.0 Å². The van der Waals surface area contributed by atoms with Crippen molar-refractivity contribution >= 4 is 39.3 Å². The van der Waals surface area contributed by atoms with Gasteiger partial charge in [-0.25, -0.2) is 4.98 Å². The lowest BCUT2D eigenvalue weighted by molar-refractivity contribution is 0.136. The minimum absolute atomic E-state index is 0.351. The second-order valence-corrected chi connectivity index (χ2v) is 8.89. The first-order chi connectivity index (χ1) is 16.3. The van der Waals surface area contributed by atoms with Gasteiger partial charge in [-0.05, 0) is 43.9 Å². The van der Waals surface area contributed by atoms with E-state index in [-0.39, 0.29) is 0 Å². The molecule has 3 atom stereocenters. The monoisotopic (exact) mass is 439 g/mol. The normalized spacial score (nSPS) is 22.5. The van der Waals surface area contributed by atoms with Crippen molar-refractivity contribution in [2.75, 3.05) is 17.2 Å². The quantitative estimate of drug-likeness (QED) is 0.413. The van der Waals surface area contributed by atoms with Crippen LogP contribution in [0.2, 0.25) is 0 Å². The maximum atomic E-state index is 8.99. The van der Waals surface area contributed by atoms with E-state index in [1.807, 2.05) is 18.2 Å². The molecule has 4 aromatic heterocycles. The van der Waals surface area contributed by atoms with E-state index in [1.54, 1.807) is 18.6 Å². The third kappa shape index (κ3) is 3.72. The molecule has 0 aromatic carbocycles. The van der Waals surface area contributed by atoms with Gasteiger partial charge >= 0.3 is 0 Å². The van der Waals surface area contributed by atoms with Crippen LogP contribution in [-0.2, 0) is 0 Å². The molecule has 4 aromatic rings. The molecule has 0 amide bonds. The molecular formula is C24H25N9. The lowest BCUT2D eigenvalue weighted by Gasteiger charge is -2.39. The first-order valence-electron chi connectivity index (χ1n) is 11.5. The number of aromatic amines is 1. The van der Waals surface area contributed by atoms with Crippen LogP contribution in [0, 0.1) is 11.3 Å². The smallest absolute Gasteiger partial charge is 0.161 e. The van der Waals surface area contributed by atoms with Gasteiger partial charge in [0.05, 0.1) is 23.3 Å². The summed E-state index contributed by atoms with van der Waals surface area (Å²) in [6, 6.07) is 11.6. The van der Waals surface area contributed by atoms with Crippen LogP contribution in [-0.4, -0.2) is 54.7 Å². The number of anilines is 3. The molecule has 9 nitrogen and oxygen atoms in total. The van der Waals surface area contributed by atoms with Gasteiger partial charge in [-0.3, -0.25) is 20.0 Å². The van der Waals surface area contributed by atoms with E-state index in [4.69, 9.17) is 10.2 Å². The minimum Gasteiger partial charge on any atom is -0.367 e. The van der Waals surface area contributed by atoms with Crippen LogP contribution in [0.5, 0.6) is 0 Å². The summed E-state index contributed by atoms with van der Waals surface area (Å²) >= 11 is 0. The average molecular weight is 440 g/mol. The molecular weight excluding hydrogens is 414 g/mol. The highest BCUT2D eigenvalue weighted by molar-refractivity contribution is 5.94. The van der Waals surface area contributed by atoms with Gasteiger partial charge in [0.25, 0.3) is 0 Å². The average Bonchev–Trinajstić information content (AvgIpc) is 3.34. The maximum Gasteiger partial charge on any atom is 0.161 e. The van der Waals surface area contributed by atoms with E-state index in [2.05, 4.69) is 47.8 Å². The molecule has 2 aliphatic heterocycles. The number of nitrogens with one attached hydrogen (secondary N) is 3. The van der Waals surface area contributed by atoms with Gasteiger partial charge in [0, 0.05) is 60.3 Å². The van der Waals surface area contributed by atoms with Gasteiger partial charge in [-0.2, -0.15) is 10.4 Å². The number of nitriles is 1. The Morgan fingerprint density at radius 3 is 2.85 bits per heavy atom. The van der Waals surface area contributed by atoms with Crippen molar-refractivity contribution in [3.05, 3.63) is 42.9 Å². The molecule has 2 saturated heterocycles. The van der Waals surface area contributed by atoms with Gasteiger partial charge in [-0.1, -0.05) is 0 Å². The van der Waals surface area contributed by atoms with Crippen molar-refractivity contribution in [2.45, 2.75) is 50.2 Å². The Kier molecular flexibility index (Phi) is 5.00. The van der Waals surface area contributed by atoms with Crippen LogP contribution in [0.4, 0.5) is 17.5 Å². The number of rotatable bonds is 6. The van der Waals surface area contributed by atoms with E-state index in [9.17, 15) is 0 Å². The largest absolute Gasteiger partial charge is 0.367 e. The van der Waals surface area contributed by atoms with Crippen LogP contribution in [0.25, 0.3) is 21.8 Å². The maximum absolute atomic E-state index is 8.99. The number of piperidine rings is 1. The molecule has 3 N–H and O–H groups in total. The van der Waals surface area contributed by atoms with Crippen molar-refractivity contribution in [1.29, 1.82) is 5.26 Å². The van der Waals surface area contributed by atoms with Gasteiger partial charge < -0.3 is 10.6 Å². The Morgan fingerprint density at radius 2 is 2.00 bits per heavy atom. The van der Waals surface area contributed by atoms with Crippen molar-refractivity contribution in [2.24, 2.45) is 0 Å². The third-order valence-corrected chi connectivity index (χ3v) is 6.92. The van der Waals surface area contributed by atoms with E-state index in [0.717, 1.165) is 47.0 Å². The van der Waals surface area contributed by atoms with Crippen molar-refractivity contribution in [3.8, 4) is 6.07 Å². The first kappa shape index (κ1) is 19.9. The number of H-pyrrole nitrogens is 1. The number of nitrogens with zero attached hydrogens (tertiary/aromatic N) is 6. The van der Waals surface area contributed by atoms with Crippen LogP contribution in [0.15, 0.2) is 42.9 Å². The lowest BCUT2D eigenvalue weighted by Crippen LogP contribution is -2.47. The highest BCUT2D eigenvalue weighted by atomic mass is 15.2. The molecule has 0 saturated carbocycles. The number of pyridine rings is 3. The highest BCUT2D eigenvalue weighted by Gasteiger charge is 2.40. The summed E-state index contributed by atoms with van der Waals surface area (Å²) in [6.45, 7) is 0.885. The number of fused-ring (bicyclic) bond motifs is 4. The molecule has 2 fully saturated rings. The molecule has 9 heteroatoms. The zero-order chi connectivity index (χ0) is 22.2. The molecule has 33 heavy (non-hydrogen) atoms. The van der Waals surface area contributed by atoms with E-state index < -0.39 is 0 Å². The summed E-state index contributed by atoms with van der Waals surface area (Å²) in [4.78, 5) is 16.2. The number of hydrogen-bond acceptors (Lipinski definition) is 8. The van der Waals surface area contributed by atoms with Gasteiger partial charge in [0.1, 0.15) is 11.6 Å². The second kappa shape index (κ2) is 8.30. The fourth-order valence-electron chi connectivity index (χ4n) is 5.46. The molecule has 2 aliphatic rings. The van der Waals surface area contributed by atoms with Crippen LogP contribution in [0.3, 0.4) is 0 Å². The minimum atomic E-state index is 0.351. The summed E-state index contributed by atoms with van der Waals surface area (Å²) in [5.74, 6) is 2.26. The lowest BCUT2D eigenvalue weighted by atomic mass is 9.97. The van der Waals surface area contributed by atoms with Gasteiger partial charge in [0.15, 0.2) is 5.82 Å². The zero-order valence-electron chi connectivity index (χ0n) is 18.2. The van der Waals surface area contributed by atoms with Crippen LogP contribution >= 0.6 is 0 Å². The second-order valence-electron chi connectivity index (χ2n) is 8.89. The Morgan fingerprint density at radius 1 is 1.12 bits per heavy atom. The topological polar surface area (TPSA) is 118 Å². The Labute approximate surface area is 191 Å². The van der Waals surface area contributed by atoms with Crippen LogP contribution < -0.4 is 10.6 Å². The third-order valence-electron chi connectivity index (χ3n) is 6.92. The fourth-order valence-corrected chi connectivity index (χ4v) is 5.46. The summed E-state index contributed by atoms with van der Waals surface area (Å²) in [5.41, 5.74) is 1.75. The van der Waals surface area contributed by atoms with Gasteiger partial charge in [-0.15, -0.1) is 0 Å². The molecule has 0 unspecified atom stereocenters. The van der Waals surface area contributed by atoms with E-state index in [0.29, 0.717) is 36.2 Å². The molecule has 166 valence electrons. The molecule has 0 aliphatic carbocycles. The molecule has 6 rings (SSSR count). The Bertz CT molecular complexity index is 1330. The van der Waals surface area contributed by atoms with E-state index >= 15 is 0 Å². The van der Waals surface area contributed by atoms with Crippen molar-refractivity contribution < 1.29 is 0 Å². The first-order valence-corrected chi connectivity index (χ1v) is 11.5. The summed E-state index contributed by atoms with van der Waals surface area (Å²) in [7, 11) is 0. The van der Waals surface area contributed by atoms with Crippen molar-refractivity contribution in [3.63, 3.8) is 0 Å². The predicted molar refractivity (Wildman–Crippen MR) is 127 cm³/mol. The summed E-state index contributed by atoms with van der Waals surface area (Å²) < 4.78 is 0. The number of aromatic nitrogens is 5. The SMILES string of the molecule is N#CCCN1[C@@H]2CC[C@H]1C[C@H](Nc1nc(Nc3n[nH]c4cnccc34)cc3ncccc13)C2. The molecule has 2 bridgehead atoms. The van der Waals surface area contributed by atoms with E-state index in [1.165, 1.54) is 12.8 Å². The van der Waals surface area contributed by atoms with Gasteiger partial charge in [0.2, 0.25) is 0 Å². The predicted octanol–water partition coefficient (Wildman–Crippen LogP) is 3.97. The summed E-state index contributed by atoms with van der Waals surface area (Å²) in [6.07, 6.45) is 10.5.